The molecule has 0 aromatic carbocycles. The van der Waals surface area contributed by atoms with E-state index in [0.717, 1.165) is 69.9 Å². The maximum absolute atomic E-state index is 16.1. The van der Waals surface area contributed by atoms with E-state index in [9.17, 15) is 0 Å². The van der Waals surface area contributed by atoms with E-state index in [2.05, 4.69) is 96.4 Å². The van der Waals surface area contributed by atoms with Gasteiger partial charge in [-0.25, -0.2) is 9.37 Å². The summed E-state index contributed by atoms with van der Waals surface area (Å²) in [5.74, 6) is 1.12. The molecule has 5 heterocycles. The molecule has 47 heavy (non-hydrogen) atoms. The molecule has 2 aromatic heterocycles. The van der Waals surface area contributed by atoms with Crippen LogP contribution in [0, 0.1) is 5.82 Å². The number of anilines is 1. The van der Waals surface area contributed by atoms with E-state index in [0.29, 0.717) is 22.7 Å². The summed E-state index contributed by atoms with van der Waals surface area (Å²) in [7, 11) is 2.22. The Morgan fingerprint density at radius 2 is 1.96 bits per heavy atom. The highest BCUT2D eigenvalue weighted by molar-refractivity contribution is 6.02. The van der Waals surface area contributed by atoms with Crippen molar-refractivity contribution >= 4 is 22.8 Å². The zero-order valence-corrected chi connectivity index (χ0v) is 29.2. The number of nitrogens with zero attached hydrogens (tertiary/aromatic N) is 6. The van der Waals surface area contributed by atoms with Crippen molar-refractivity contribution in [1.29, 1.82) is 0 Å². The molecule has 1 aliphatic carbocycles. The minimum atomic E-state index is -0.312. The van der Waals surface area contributed by atoms with E-state index in [1.807, 2.05) is 17.6 Å². The van der Waals surface area contributed by atoms with Crippen LogP contribution in [0.15, 0.2) is 59.5 Å². The molecule has 4 aliphatic rings. The third-order valence-electron chi connectivity index (χ3n) is 10.7. The van der Waals surface area contributed by atoms with Gasteiger partial charge in [-0.05, 0) is 105 Å². The van der Waals surface area contributed by atoms with Gasteiger partial charge in [-0.3, -0.25) is 14.9 Å². The summed E-state index contributed by atoms with van der Waals surface area (Å²) >= 11 is 0. The lowest BCUT2D eigenvalue weighted by molar-refractivity contribution is 0.0876. The highest BCUT2D eigenvalue weighted by Gasteiger charge is 2.37. The Hall–Kier alpha value is -3.50. The molecule has 2 aromatic rings. The largest absolute Gasteiger partial charge is 0.382 e. The van der Waals surface area contributed by atoms with E-state index >= 15 is 4.39 Å². The predicted octanol–water partition coefficient (Wildman–Crippen LogP) is 6.29. The van der Waals surface area contributed by atoms with E-state index in [1.165, 1.54) is 18.5 Å². The monoisotopic (exact) mass is 643 g/mol. The molecule has 2 atom stereocenters. The summed E-state index contributed by atoms with van der Waals surface area (Å²) in [6.07, 6.45) is 19.7. The van der Waals surface area contributed by atoms with Crippen molar-refractivity contribution in [1.82, 2.24) is 35.0 Å². The normalized spacial score (nSPS) is 23.3. The molecule has 9 nitrogen and oxygen atoms in total. The summed E-state index contributed by atoms with van der Waals surface area (Å²) in [6.45, 7) is 18.7. The summed E-state index contributed by atoms with van der Waals surface area (Å²) in [5, 5.41) is 11.2. The maximum atomic E-state index is 16.1. The molecule has 254 valence electrons. The highest BCUT2D eigenvalue weighted by atomic mass is 19.1. The number of aromatic nitrogens is 3. The molecule has 3 fully saturated rings. The van der Waals surface area contributed by atoms with Crippen LogP contribution in [0.5, 0.6) is 0 Å². The van der Waals surface area contributed by atoms with Crippen LogP contribution in [0.1, 0.15) is 91.2 Å². The Morgan fingerprint density at radius 3 is 2.60 bits per heavy atom. The van der Waals surface area contributed by atoms with Gasteiger partial charge >= 0.3 is 0 Å². The van der Waals surface area contributed by atoms with E-state index in [4.69, 9.17) is 9.98 Å². The van der Waals surface area contributed by atoms with Crippen LogP contribution in [-0.4, -0.2) is 86.7 Å². The first-order valence-corrected chi connectivity index (χ1v) is 17.5. The number of fused-ring (bicyclic) bond motifs is 1. The number of halogens is 1. The number of piperidine rings is 1. The standard InChI is InChI=1S/C37H54FN9/c1-8-28(46-22-19-37(40-24-46)17-20-45(7)21-18-37)16-15-26(4)41-35-39-23-29-32(38)33(27-11-9-12-27)47(34(29)43-35)31-14-10-13-30(42-31)36(5,6)44-25(2)3/h8,10,14-16,23,26-27,30,40,44H,2,9,11-13,17-22,24H2,1,3-7H3,(H,39,41,43)/b16-15-,28-8+. The topological polar surface area (TPSA) is 85.6 Å². The molecule has 0 bridgehead atoms. The van der Waals surface area contributed by atoms with E-state index < -0.39 is 0 Å². The Labute approximate surface area is 280 Å². The van der Waals surface area contributed by atoms with Gasteiger partial charge in [-0.2, -0.15) is 4.98 Å². The Balaban J connectivity index is 1.21. The molecule has 0 radical (unpaired) electrons. The molecule has 2 saturated heterocycles. The first-order chi connectivity index (χ1) is 22.5. The third-order valence-corrected chi connectivity index (χ3v) is 10.7. The zero-order chi connectivity index (χ0) is 33.3. The first-order valence-electron chi connectivity index (χ1n) is 17.5. The first kappa shape index (κ1) is 33.4. The molecule has 1 spiro atoms. The van der Waals surface area contributed by atoms with Gasteiger partial charge in [0.25, 0.3) is 0 Å². The van der Waals surface area contributed by atoms with Crippen molar-refractivity contribution < 1.29 is 4.39 Å². The van der Waals surface area contributed by atoms with E-state index in [-0.39, 0.29) is 34.9 Å². The fourth-order valence-corrected chi connectivity index (χ4v) is 7.52. The molecule has 3 aliphatic heterocycles. The quantitative estimate of drug-likeness (QED) is 0.277. The summed E-state index contributed by atoms with van der Waals surface area (Å²) in [6, 6.07) is -0.0746. The van der Waals surface area contributed by atoms with Crippen molar-refractivity contribution in [2.24, 2.45) is 4.99 Å². The van der Waals surface area contributed by atoms with Gasteiger partial charge in [0.2, 0.25) is 5.95 Å². The second-order valence-corrected chi connectivity index (χ2v) is 14.8. The van der Waals surface area contributed by atoms with E-state index in [1.54, 1.807) is 6.20 Å². The van der Waals surface area contributed by atoms with Crippen molar-refractivity contribution in [3.05, 3.63) is 66.1 Å². The van der Waals surface area contributed by atoms with Gasteiger partial charge in [-0.1, -0.05) is 31.2 Å². The lowest BCUT2D eigenvalue weighted by Gasteiger charge is -2.47. The zero-order valence-electron chi connectivity index (χ0n) is 29.2. The number of hydrogen-bond acceptors (Lipinski definition) is 8. The molecule has 3 N–H and O–H groups in total. The summed E-state index contributed by atoms with van der Waals surface area (Å²) in [5.41, 5.74) is 3.31. The van der Waals surface area contributed by atoms with Crippen LogP contribution in [0.4, 0.5) is 10.3 Å². The van der Waals surface area contributed by atoms with Crippen LogP contribution in [0.3, 0.4) is 0 Å². The lowest BCUT2D eigenvalue weighted by atomic mass is 9.82. The predicted molar refractivity (Wildman–Crippen MR) is 191 cm³/mol. The fourth-order valence-electron chi connectivity index (χ4n) is 7.52. The van der Waals surface area contributed by atoms with Crippen molar-refractivity contribution in [3.8, 4) is 0 Å². The molecule has 0 amide bonds. The summed E-state index contributed by atoms with van der Waals surface area (Å²) < 4.78 is 18.1. The van der Waals surface area contributed by atoms with Gasteiger partial charge in [0.1, 0.15) is 5.84 Å². The van der Waals surface area contributed by atoms with Crippen molar-refractivity contribution in [3.63, 3.8) is 0 Å². The smallest absolute Gasteiger partial charge is 0.225 e. The molecule has 10 heteroatoms. The van der Waals surface area contributed by atoms with Gasteiger partial charge < -0.3 is 20.4 Å². The molecule has 6 rings (SSSR count). The second-order valence-electron chi connectivity index (χ2n) is 14.8. The number of dihydropyridines is 1. The Morgan fingerprint density at radius 1 is 1.21 bits per heavy atom. The van der Waals surface area contributed by atoms with Gasteiger partial charge in [-0.15, -0.1) is 0 Å². The third kappa shape index (κ3) is 7.04. The average molecular weight is 644 g/mol. The Kier molecular flexibility index (Phi) is 9.63. The number of nitrogens with one attached hydrogen (secondary N) is 3. The van der Waals surface area contributed by atoms with Gasteiger partial charge in [0.05, 0.1) is 29.3 Å². The fraction of sp³-hybridized carbons (Fsp3) is 0.595. The number of hydrogen-bond donors (Lipinski definition) is 3. The van der Waals surface area contributed by atoms with Crippen molar-refractivity contribution in [2.45, 2.75) is 109 Å². The van der Waals surface area contributed by atoms with Crippen LogP contribution in [0.2, 0.25) is 0 Å². The van der Waals surface area contributed by atoms with Crippen LogP contribution >= 0.6 is 0 Å². The van der Waals surface area contributed by atoms with Crippen molar-refractivity contribution in [2.75, 3.05) is 38.7 Å². The Bertz CT molecular complexity index is 1580. The summed E-state index contributed by atoms with van der Waals surface area (Å²) in [4.78, 5) is 19.5. The van der Waals surface area contributed by atoms with Crippen LogP contribution in [-0.2, 0) is 0 Å². The van der Waals surface area contributed by atoms with Gasteiger partial charge in [0.15, 0.2) is 11.5 Å². The van der Waals surface area contributed by atoms with Crippen LogP contribution in [0.25, 0.3) is 11.0 Å². The molecule has 2 unspecified atom stereocenters. The van der Waals surface area contributed by atoms with Gasteiger partial charge in [0, 0.05) is 41.6 Å². The highest BCUT2D eigenvalue weighted by Crippen LogP contribution is 2.41. The average Bonchev–Trinajstić information content (AvgIpc) is 3.29. The number of allylic oxidation sites excluding steroid dienone is 4. The lowest BCUT2D eigenvalue weighted by Crippen LogP contribution is -2.60. The molecule has 1 saturated carbocycles. The SMILES string of the molecule is C=C(C)NC(C)(C)C1CC=CC(n2c(C3CCC3)c(F)c3cnc(NC(C)/C=C\C(=C/C)N4CCC5(CCN(C)CC5)NC4)nc32)=N1. The molecular weight excluding hydrogens is 589 g/mol. The minimum absolute atomic E-state index is 0.0370. The number of aliphatic imine (C=N–C) groups is 1. The number of rotatable bonds is 9. The van der Waals surface area contributed by atoms with Crippen LogP contribution < -0.4 is 16.0 Å². The minimum Gasteiger partial charge on any atom is -0.382 e. The number of likely N-dealkylation sites (tertiary alicyclic amines) is 1. The maximum Gasteiger partial charge on any atom is 0.225 e. The second kappa shape index (κ2) is 13.5. The molecular formula is C37H54FN9.